The highest BCUT2D eigenvalue weighted by molar-refractivity contribution is 5.63. The van der Waals surface area contributed by atoms with E-state index in [2.05, 4.69) is 10.2 Å². The number of aromatic nitrogens is 3. The molecule has 0 fully saturated rings. The van der Waals surface area contributed by atoms with E-state index in [0.717, 1.165) is 28.4 Å². The van der Waals surface area contributed by atoms with E-state index in [4.69, 9.17) is 5.73 Å². The second-order valence-electron chi connectivity index (χ2n) is 3.96. The summed E-state index contributed by atoms with van der Waals surface area (Å²) in [5.41, 5.74) is 9.48. The largest absolute Gasteiger partial charge is 0.397 e. The Labute approximate surface area is 98.7 Å². The van der Waals surface area contributed by atoms with Crippen LogP contribution in [-0.2, 0) is 0 Å². The van der Waals surface area contributed by atoms with Gasteiger partial charge in [-0.15, -0.1) is 10.2 Å². The first kappa shape index (κ1) is 9.84. The van der Waals surface area contributed by atoms with Crippen molar-refractivity contribution in [2.45, 2.75) is 6.92 Å². The van der Waals surface area contributed by atoms with Gasteiger partial charge in [-0.1, -0.05) is 30.3 Å². The predicted molar refractivity (Wildman–Crippen MR) is 67.6 cm³/mol. The van der Waals surface area contributed by atoms with E-state index >= 15 is 0 Å². The van der Waals surface area contributed by atoms with Gasteiger partial charge >= 0.3 is 0 Å². The molecule has 0 bridgehead atoms. The quantitative estimate of drug-likeness (QED) is 0.690. The highest BCUT2D eigenvalue weighted by atomic mass is 15.3. The molecule has 0 atom stereocenters. The molecule has 2 N–H and O–H groups in total. The van der Waals surface area contributed by atoms with Crippen molar-refractivity contribution >= 4 is 11.3 Å². The maximum atomic E-state index is 5.92. The lowest BCUT2D eigenvalue weighted by atomic mass is 10.2. The van der Waals surface area contributed by atoms with E-state index < -0.39 is 0 Å². The predicted octanol–water partition coefficient (Wildman–Crippen LogP) is 2.29. The van der Waals surface area contributed by atoms with Gasteiger partial charge in [0.05, 0.1) is 5.69 Å². The van der Waals surface area contributed by atoms with Crippen LogP contribution in [0.4, 0.5) is 5.69 Å². The second kappa shape index (κ2) is 3.59. The van der Waals surface area contributed by atoms with Crippen molar-refractivity contribution in [3.63, 3.8) is 0 Å². The Bertz CT molecular complexity index is 670. The van der Waals surface area contributed by atoms with Gasteiger partial charge in [0.25, 0.3) is 0 Å². The van der Waals surface area contributed by atoms with Crippen LogP contribution in [0, 0.1) is 6.92 Å². The third-order valence-electron chi connectivity index (χ3n) is 2.89. The van der Waals surface area contributed by atoms with E-state index in [1.165, 1.54) is 0 Å². The number of hydrogen-bond acceptors (Lipinski definition) is 3. The number of aryl methyl sites for hydroxylation is 1. The molecule has 4 nitrogen and oxygen atoms in total. The van der Waals surface area contributed by atoms with Crippen LogP contribution in [0.25, 0.3) is 17.0 Å². The van der Waals surface area contributed by atoms with Gasteiger partial charge < -0.3 is 5.73 Å². The fourth-order valence-corrected chi connectivity index (χ4v) is 1.92. The minimum absolute atomic E-state index is 0.745. The Morgan fingerprint density at radius 1 is 1.00 bits per heavy atom. The molecule has 0 radical (unpaired) electrons. The number of nitrogens with two attached hydrogens (primary N) is 1. The molecule has 3 aromatic rings. The number of pyridine rings is 1. The van der Waals surface area contributed by atoms with E-state index in [0.29, 0.717) is 0 Å². The number of nitrogens with zero attached hydrogens (tertiary/aromatic N) is 3. The summed E-state index contributed by atoms with van der Waals surface area (Å²) in [6.07, 6.45) is 0. The molecule has 0 unspecified atom stereocenters. The van der Waals surface area contributed by atoms with Crippen molar-refractivity contribution in [2.75, 3.05) is 5.73 Å². The van der Waals surface area contributed by atoms with E-state index in [1.54, 1.807) is 0 Å². The summed E-state index contributed by atoms with van der Waals surface area (Å²) in [6, 6.07) is 13.7. The van der Waals surface area contributed by atoms with Crippen LogP contribution in [-0.4, -0.2) is 14.6 Å². The molecular weight excluding hydrogens is 212 g/mol. The fourth-order valence-electron chi connectivity index (χ4n) is 1.92. The first-order chi connectivity index (χ1) is 8.27. The Balaban J connectivity index is 2.35. The van der Waals surface area contributed by atoms with Crippen LogP contribution in [0.2, 0.25) is 0 Å². The monoisotopic (exact) mass is 224 g/mol. The summed E-state index contributed by atoms with van der Waals surface area (Å²) < 4.78 is 1.98. The summed E-state index contributed by atoms with van der Waals surface area (Å²) in [5.74, 6) is 0.824. The van der Waals surface area contributed by atoms with Crippen LogP contribution >= 0.6 is 0 Å². The first-order valence-electron chi connectivity index (χ1n) is 5.43. The lowest BCUT2D eigenvalue weighted by molar-refractivity contribution is 1.08. The van der Waals surface area contributed by atoms with Gasteiger partial charge in [0.15, 0.2) is 11.5 Å². The minimum atomic E-state index is 0.745. The van der Waals surface area contributed by atoms with Gasteiger partial charge in [-0.3, -0.25) is 4.40 Å². The average molecular weight is 224 g/mol. The molecule has 84 valence electrons. The summed E-state index contributed by atoms with van der Waals surface area (Å²) in [7, 11) is 0. The Kier molecular flexibility index (Phi) is 2.08. The number of nitrogen functional groups attached to an aromatic ring is 1. The van der Waals surface area contributed by atoms with Crippen molar-refractivity contribution in [3.05, 3.63) is 48.2 Å². The second-order valence-corrected chi connectivity index (χ2v) is 3.96. The third-order valence-corrected chi connectivity index (χ3v) is 2.89. The molecular formula is C13H12N4. The summed E-state index contributed by atoms with van der Waals surface area (Å²) >= 11 is 0. The molecule has 17 heavy (non-hydrogen) atoms. The molecule has 0 aliphatic carbocycles. The highest BCUT2D eigenvalue weighted by Crippen LogP contribution is 2.21. The van der Waals surface area contributed by atoms with Crippen LogP contribution in [0.15, 0.2) is 42.5 Å². The van der Waals surface area contributed by atoms with Gasteiger partial charge in [0.1, 0.15) is 0 Å². The first-order valence-corrected chi connectivity index (χ1v) is 5.43. The van der Waals surface area contributed by atoms with Crippen LogP contribution < -0.4 is 5.73 Å². The molecule has 0 saturated carbocycles. The normalized spacial score (nSPS) is 10.9. The van der Waals surface area contributed by atoms with Gasteiger partial charge in [-0.25, -0.2) is 0 Å². The Morgan fingerprint density at radius 2 is 1.76 bits per heavy atom. The average Bonchev–Trinajstić information content (AvgIpc) is 2.79. The molecule has 2 heterocycles. The van der Waals surface area contributed by atoms with Gasteiger partial charge in [0, 0.05) is 11.3 Å². The molecule has 0 aliphatic heterocycles. The van der Waals surface area contributed by atoms with Crippen LogP contribution in [0.3, 0.4) is 0 Å². The lowest BCUT2D eigenvalue weighted by Gasteiger charge is -2.06. The zero-order valence-corrected chi connectivity index (χ0v) is 9.46. The fraction of sp³-hybridized carbons (Fsp3) is 0.0769. The summed E-state index contributed by atoms with van der Waals surface area (Å²) in [5, 5.41) is 8.38. The van der Waals surface area contributed by atoms with E-state index in [1.807, 2.05) is 53.8 Å². The standard InChI is InChI=1S/C13H12N4/c1-9-11(14)7-8-12-15-16-13(17(9)12)10-5-3-2-4-6-10/h2-8H,14H2,1H3. The summed E-state index contributed by atoms with van der Waals surface area (Å²) in [6.45, 7) is 1.97. The van der Waals surface area contributed by atoms with Crippen LogP contribution in [0.5, 0.6) is 0 Å². The number of rotatable bonds is 1. The Hall–Kier alpha value is -2.36. The van der Waals surface area contributed by atoms with Crippen molar-refractivity contribution in [1.82, 2.24) is 14.6 Å². The van der Waals surface area contributed by atoms with Gasteiger partial charge in [-0.2, -0.15) is 0 Å². The minimum Gasteiger partial charge on any atom is -0.397 e. The van der Waals surface area contributed by atoms with E-state index in [-0.39, 0.29) is 0 Å². The molecule has 1 aromatic carbocycles. The maximum absolute atomic E-state index is 5.92. The lowest BCUT2D eigenvalue weighted by Crippen LogP contribution is -1.99. The SMILES string of the molecule is Cc1c(N)ccc2nnc(-c3ccccc3)n12. The van der Waals surface area contributed by atoms with E-state index in [9.17, 15) is 0 Å². The third kappa shape index (κ3) is 1.45. The number of benzene rings is 1. The topological polar surface area (TPSA) is 56.2 Å². The molecule has 0 saturated heterocycles. The number of hydrogen-bond donors (Lipinski definition) is 1. The molecule has 0 aliphatic rings. The van der Waals surface area contributed by atoms with Gasteiger partial charge in [-0.05, 0) is 19.1 Å². The summed E-state index contributed by atoms with van der Waals surface area (Å²) in [4.78, 5) is 0. The van der Waals surface area contributed by atoms with Crippen molar-refractivity contribution < 1.29 is 0 Å². The highest BCUT2D eigenvalue weighted by Gasteiger charge is 2.10. The molecule has 0 amide bonds. The van der Waals surface area contributed by atoms with Crippen molar-refractivity contribution in [3.8, 4) is 11.4 Å². The van der Waals surface area contributed by atoms with Crippen molar-refractivity contribution in [1.29, 1.82) is 0 Å². The zero-order valence-electron chi connectivity index (χ0n) is 9.46. The van der Waals surface area contributed by atoms with Gasteiger partial charge in [0.2, 0.25) is 0 Å². The molecule has 4 heteroatoms. The molecule has 3 rings (SSSR count). The maximum Gasteiger partial charge on any atom is 0.168 e. The van der Waals surface area contributed by atoms with Crippen molar-refractivity contribution in [2.24, 2.45) is 0 Å². The van der Waals surface area contributed by atoms with Crippen LogP contribution in [0.1, 0.15) is 5.69 Å². The number of fused-ring (bicyclic) bond motifs is 1. The Morgan fingerprint density at radius 3 is 2.53 bits per heavy atom. The number of anilines is 1. The molecule has 2 aromatic heterocycles. The molecule has 0 spiro atoms. The smallest absolute Gasteiger partial charge is 0.168 e. The zero-order chi connectivity index (χ0) is 11.8.